The Kier molecular flexibility index (Phi) is 6.68. The zero-order chi connectivity index (χ0) is 15.0. The van der Waals surface area contributed by atoms with Crippen LogP contribution in [0.25, 0.3) is 0 Å². The minimum atomic E-state index is -1.05. The molecule has 112 valence electrons. The summed E-state index contributed by atoms with van der Waals surface area (Å²) in [5.41, 5.74) is 0. The number of hydrogen-bond donors (Lipinski definition) is 3. The predicted octanol–water partition coefficient (Wildman–Crippen LogP) is -0.663. The first-order valence-corrected chi connectivity index (χ1v) is 6.23. The fourth-order valence-corrected chi connectivity index (χ4v) is 1.78. The highest BCUT2D eigenvalue weighted by Gasteiger charge is 2.36. The van der Waals surface area contributed by atoms with Crippen molar-refractivity contribution in [3.05, 3.63) is 12.2 Å². The van der Waals surface area contributed by atoms with Gasteiger partial charge in [0.15, 0.2) is 0 Å². The molecule has 1 heterocycles. The van der Waals surface area contributed by atoms with E-state index in [0.717, 1.165) is 0 Å². The molecule has 8 heteroatoms. The van der Waals surface area contributed by atoms with Crippen molar-refractivity contribution in [2.45, 2.75) is 18.9 Å². The summed E-state index contributed by atoms with van der Waals surface area (Å²) in [5, 5.41) is 19.3. The number of nitrogens with zero attached hydrogens (tertiary/aromatic N) is 1. The SMILES string of the molecule is O=C(O)COC/C=C\CC1C(=O)NC(=O)N1CCCO. The number of imide groups is 1. The molecule has 0 bridgehead atoms. The number of hydrogen-bond acceptors (Lipinski definition) is 5. The van der Waals surface area contributed by atoms with Crippen LogP contribution in [0.3, 0.4) is 0 Å². The van der Waals surface area contributed by atoms with Gasteiger partial charge < -0.3 is 19.8 Å². The van der Waals surface area contributed by atoms with Crippen molar-refractivity contribution in [2.24, 2.45) is 0 Å². The van der Waals surface area contributed by atoms with Crippen LogP contribution in [0.1, 0.15) is 12.8 Å². The van der Waals surface area contributed by atoms with E-state index in [1.165, 1.54) is 4.90 Å². The Morgan fingerprint density at radius 1 is 1.40 bits per heavy atom. The Morgan fingerprint density at radius 3 is 2.80 bits per heavy atom. The van der Waals surface area contributed by atoms with Crippen LogP contribution in [-0.4, -0.2) is 65.4 Å². The number of aliphatic hydroxyl groups excluding tert-OH is 1. The van der Waals surface area contributed by atoms with Gasteiger partial charge in [0.1, 0.15) is 12.6 Å². The number of carboxylic acids is 1. The Morgan fingerprint density at radius 2 is 2.15 bits per heavy atom. The molecule has 1 saturated heterocycles. The van der Waals surface area contributed by atoms with Gasteiger partial charge in [-0.2, -0.15) is 0 Å². The molecule has 1 aliphatic heterocycles. The van der Waals surface area contributed by atoms with Gasteiger partial charge in [-0.25, -0.2) is 9.59 Å². The van der Waals surface area contributed by atoms with Gasteiger partial charge in [-0.1, -0.05) is 12.2 Å². The summed E-state index contributed by atoms with van der Waals surface area (Å²) in [7, 11) is 0. The maximum Gasteiger partial charge on any atom is 0.329 e. The van der Waals surface area contributed by atoms with Crippen LogP contribution >= 0.6 is 0 Å². The second-order valence-corrected chi connectivity index (χ2v) is 4.20. The molecule has 0 aromatic rings. The van der Waals surface area contributed by atoms with E-state index >= 15 is 0 Å². The summed E-state index contributed by atoms with van der Waals surface area (Å²) in [6.07, 6.45) is 3.99. The molecule has 0 aromatic carbocycles. The van der Waals surface area contributed by atoms with Crippen molar-refractivity contribution >= 4 is 17.9 Å². The molecule has 20 heavy (non-hydrogen) atoms. The third-order valence-electron chi connectivity index (χ3n) is 2.69. The Hall–Kier alpha value is -1.93. The van der Waals surface area contributed by atoms with Gasteiger partial charge in [0.2, 0.25) is 0 Å². The zero-order valence-corrected chi connectivity index (χ0v) is 10.9. The van der Waals surface area contributed by atoms with Gasteiger partial charge >= 0.3 is 12.0 Å². The third kappa shape index (κ3) is 4.98. The summed E-state index contributed by atoms with van der Waals surface area (Å²) in [4.78, 5) is 34.7. The van der Waals surface area contributed by atoms with Crippen LogP contribution < -0.4 is 5.32 Å². The monoisotopic (exact) mass is 286 g/mol. The summed E-state index contributed by atoms with van der Waals surface area (Å²) >= 11 is 0. The number of aliphatic hydroxyl groups is 1. The lowest BCUT2D eigenvalue weighted by atomic mass is 10.1. The Balaban J connectivity index is 2.39. The van der Waals surface area contributed by atoms with Gasteiger partial charge in [-0.05, 0) is 12.8 Å². The van der Waals surface area contributed by atoms with Crippen LogP contribution in [0.2, 0.25) is 0 Å². The van der Waals surface area contributed by atoms with E-state index in [1.807, 2.05) is 0 Å². The summed E-state index contributed by atoms with van der Waals surface area (Å²) in [5.74, 6) is -1.42. The van der Waals surface area contributed by atoms with Crippen molar-refractivity contribution in [3.63, 3.8) is 0 Å². The van der Waals surface area contributed by atoms with Crippen molar-refractivity contribution in [1.29, 1.82) is 0 Å². The van der Waals surface area contributed by atoms with Crippen molar-refractivity contribution < 1.29 is 29.3 Å². The Labute approximate surface area is 116 Å². The van der Waals surface area contributed by atoms with Gasteiger partial charge in [0.25, 0.3) is 5.91 Å². The molecule has 8 nitrogen and oxygen atoms in total. The third-order valence-corrected chi connectivity index (χ3v) is 2.69. The highest BCUT2D eigenvalue weighted by molar-refractivity contribution is 6.04. The largest absolute Gasteiger partial charge is 0.480 e. The zero-order valence-electron chi connectivity index (χ0n) is 10.9. The first-order valence-electron chi connectivity index (χ1n) is 6.23. The lowest BCUT2D eigenvalue weighted by molar-refractivity contribution is -0.141. The minimum Gasteiger partial charge on any atom is -0.480 e. The summed E-state index contributed by atoms with van der Waals surface area (Å²) in [6.45, 7) is 0.00619. The highest BCUT2D eigenvalue weighted by atomic mass is 16.5. The molecule has 0 spiro atoms. The lowest BCUT2D eigenvalue weighted by Gasteiger charge is -2.19. The number of carbonyl (C=O) groups excluding carboxylic acids is 2. The van der Waals surface area contributed by atoms with Gasteiger partial charge in [0.05, 0.1) is 6.61 Å². The van der Waals surface area contributed by atoms with Crippen molar-refractivity contribution in [3.8, 4) is 0 Å². The number of aliphatic carboxylic acids is 1. The normalized spacial score (nSPS) is 18.9. The van der Waals surface area contributed by atoms with E-state index in [9.17, 15) is 14.4 Å². The quantitative estimate of drug-likeness (QED) is 0.294. The van der Waals surface area contributed by atoms with Crippen LogP contribution in [0, 0.1) is 0 Å². The second-order valence-electron chi connectivity index (χ2n) is 4.20. The fraction of sp³-hybridized carbons (Fsp3) is 0.583. The average molecular weight is 286 g/mol. The maximum absolute atomic E-state index is 11.6. The molecule has 0 radical (unpaired) electrons. The molecular formula is C12H18N2O6. The van der Waals surface area contributed by atoms with Crippen LogP contribution in [-0.2, 0) is 14.3 Å². The molecule has 1 atom stereocenters. The number of carbonyl (C=O) groups is 3. The van der Waals surface area contributed by atoms with Crippen molar-refractivity contribution in [2.75, 3.05) is 26.4 Å². The number of rotatable bonds is 9. The van der Waals surface area contributed by atoms with Crippen molar-refractivity contribution in [1.82, 2.24) is 10.2 Å². The molecule has 3 N–H and O–H groups in total. The van der Waals surface area contributed by atoms with E-state index < -0.39 is 18.0 Å². The van der Waals surface area contributed by atoms with E-state index in [-0.39, 0.29) is 25.7 Å². The molecule has 1 unspecified atom stereocenters. The van der Waals surface area contributed by atoms with E-state index in [4.69, 9.17) is 14.9 Å². The highest BCUT2D eigenvalue weighted by Crippen LogP contribution is 2.13. The number of nitrogens with one attached hydrogen (secondary N) is 1. The standard InChI is InChI=1S/C12H18N2O6/c15-6-3-5-14-9(11(18)13-12(14)19)4-1-2-7-20-8-10(16)17/h1-2,9,15H,3-8H2,(H,16,17)(H,13,18,19)/b2-1-. The molecule has 1 rings (SSSR count). The topological polar surface area (TPSA) is 116 Å². The minimum absolute atomic E-state index is 0.0520. The van der Waals surface area contributed by atoms with Crippen LogP contribution in [0.15, 0.2) is 12.2 Å². The first kappa shape index (κ1) is 16.1. The molecule has 1 aliphatic rings. The molecule has 1 fully saturated rings. The fourth-order valence-electron chi connectivity index (χ4n) is 1.78. The second kappa shape index (κ2) is 8.28. The summed E-state index contributed by atoms with van der Waals surface area (Å²) in [6, 6.07) is -1.05. The summed E-state index contributed by atoms with van der Waals surface area (Å²) < 4.78 is 4.80. The Bertz CT molecular complexity index is 395. The molecule has 0 saturated carbocycles. The van der Waals surface area contributed by atoms with Gasteiger partial charge in [-0.3, -0.25) is 10.1 Å². The number of urea groups is 1. The first-order chi connectivity index (χ1) is 9.56. The number of amides is 3. The van der Waals surface area contributed by atoms with E-state index in [1.54, 1.807) is 12.2 Å². The van der Waals surface area contributed by atoms with Crippen LogP contribution in [0.4, 0.5) is 4.79 Å². The van der Waals surface area contributed by atoms with E-state index in [2.05, 4.69) is 5.32 Å². The van der Waals surface area contributed by atoms with Crippen LogP contribution in [0.5, 0.6) is 0 Å². The predicted molar refractivity (Wildman–Crippen MR) is 67.9 cm³/mol. The van der Waals surface area contributed by atoms with E-state index in [0.29, 0.717) is 19.4 Å². The molecule has 3 amide bonds. The maximum atomic E-state index is 11.6. The number of carboxylic acid groups (broad SMARTS) is 1. The smallest absolute Gasteiger partial charge is 0.329 e. The molecule has 0 aromatic heterocycles. The van der Waals surface area contributed by atoms with Gasteiger partial charge in [-0.15, -0.1) is 0 Å². The lowest BCUT2D eigenvalue weighted by Crippen LogP contribution is -2.35. The number of ether oxygens (including phenoxy) is 1. The molecular weight excluding hydrogens is 268 g/mol. The van der Waals surface area contributed by atoms with Gasteiger partial charge in [0, 0.05) is 13.2 Å². The molecule has 0 aliphatic carbocycles. The average Bonchev–Trinajstić information content (AvgIpc) is 2.65.